The molecule has 2 aromatic carbocycles. The fourth-order valence-electron chi connectivity index (χ4n) is 3.59. The fraction of sp³-hybridized carbons (Fsp3) is 0.318. The van der Waals surface area contributed by atoms with Crippen LogP contribution in [0.5, 0.6) is 11.5 Å². The maximum atomic E-state index is 12.6. The number of ether oxygens (including phenoxy) is 2. The number of nitrogens with zero attached hydrogens (tertiary/aromatic N) is 3. The van der Waals surface area contributed by atoms with E-state index in [1.807, 2.05) is 37.3 Å². The third-order valence-electron chi connectivity index (χ3n) is 5.36. The van der Waals surface area contributed by atoms with Crippen LogP contribution < -0.4 is 14.4 Å². The molecule has 0 radical (unpaired) electrons. The van der Waals surface area contributed by atoms with Crippen molar-refractivity contribution in [1.29, 1.82) is 0 Å². The average Bonchev–Trinajstić information content (AvgIpc) is 3.36. The topological polar surface area (TPSA) is 77.7 Å². The van der Waals surface area contributed by atoms with Gasteiger partial charge in [0, 0.05) is 18.7 Å². The molecule has 150 valence electrons. The number of rotatable bonds is 5. The van der Waals surface area contributed by atoms with Crippen LogP contribution >= 0.6 is 0 Å². The lowest BCUT2D eigenvalue weighted by molar-refractivity contribution is -0.117. The fourth-order valence-corrected chi connectivity index (χ4v) is 3.59. The summed E-state index contributed by atoms with van der Waals surface area (Å²) >= 11 is 0. The minimum Gasteiger partial charge on any atom is -0.493 e. The summed E-state index contributed by atoms with van der Waals surface area (Å²) in [5.74, 6) is 1.89. The van der Waals surface area contributed by atoms with Crippen LogP contribution in [0.1, 0.15) is 29.4 Å². The highest BCUT2D eigenvalue weighted by atomic mass is 16.5. The first-order valence-corrected chi connectivity index (χ1v) is 9.44. The van der Waals surface area contributed by atoms with E-state index in [9.17, 15) is 4.79 Å². The summed E-state index contributed by atoms with van der Waals surface area (Å²) in [5, 5.41) is 4.11. The zero-order chi connectivity index (χ0) is 20.5. The largest absolute Gasteiger partial charge is 0.493 e. The summed E-state index contributed by atoms with van der Waals surface area (Å²) in [6, 6.07) is 11.5. The van der Waals surface area contributed by atoms with Crippen LogP contribution in [0.25, 0.3) is 11.4 Å². The van der Waals surface area contributed by atoms with Crippen LogP contribution in [0.15, 0.2) is 40.9 Å². The van der Waals surface area contributed by atoms with Gasteiger partial charge in [-0.1, -0.05) is 17.3 Å². The van der Waals surface area contributed by atoms with Crippen LogP contribution in [0, 0.1) is 13.8 Å². The van der Waals surface area contributed by atoms with Crippen molar-refractivity contribution in [3.05, 3.63) is 53.4 Å². The molecule has 1 aliphatic rings. The molecule has 0 aliphatic carbocycles. The molecule has 4 rings (SSSR count). The van der Waals surface area contributed by atoms with Gasteiger partial charge in [-0.15, -0.1) is 0 Å². The number of hydrogen-bond acceptors (Lipinski definition) is 6. The van der Waals surface area contributed by atoms with Crippen molar-refractivity contribution in [2.45, 2.75) is 26.2 Å². The van der Waals surface area contributed by atoms with Crippen LogP contribution in [0.4, 0.5) is 5.69 Å². The number of carbonyl (C=O) groups is 1. The monoisotopic (exact) mass is 393 g/mol. The number of methoxy groups -OCH3 is 2. The van der Waals surface area contributed by atoms with Crippen LogP contribution in [0.3, 0.4) is 0 Å². The van der Waals surface area contributed by atoms with Gasteiger partial charge in [0.2, 0.25) is 17.6 Å². The van der Waals surface area contributed by atoms with Crippen LogP contribution in [0.2, 0.25) is 0 Å². The molecule has 1 atom stereocenters. The number of benzene rings is 2. The van der Waals surface area contributed by atoms with Gasteiger partial charge in [0.05, 0.1) is 25.7 Å². The van der Waals surface area contributed by atoms with Gasteiger partial charge in [0.1, 0.15) is 0 Å². The molecule has 1 fully saturated rings. The van der Waals surface area contributed by atoms with Crippen molar-refractivity contribution in [2.24, 2.45) is 0 Å². The van der Waals surface area contributed by atoms with E-state index in [4.69, 9.17) is 14.0 Å². The van der Waals surface area contributed by atoms with Crippen LogP contribution in [-0.2, 0) is 4.79 Å². The number of amides is 1. The first-order valence-electron chi connectivity index (χ1n) is 9.44. The first-order chi connectivity index (χ1) is 14.0. The smallest absolute Gasteiger partial charge is 0.232 e. The summed E-state index contributed by atoms with van der Waals surface area (Å²) in [6.07, 6.45) is 0.337. The van der Waals surface area contributed by atoms with Crippen molar-refractivity contribution in [3.63, 3.8) is 0 Å². The zero-order valence-corrected chi connectivity index (χ0v) is 16.9. The molecule has 7 heteroatoms. The maximum absolute atomic E-state index is 12.6. The first kappa shape index (κ1) is 19.0. The van der Waals surface area contributed by atoms with Gasteiger partial charge >= 0.3 is 0 Å². The predicted molar refractivity (Wildman–Crippen MR) is 108 cm³/mol. The molecule has 0 spiro atoms. The Balaban J connectivity index is 1.59. The van der Waals surface area contributed by atoms with Gasteiger partial charge in [0.25, 0.3) is 0 Å². The van der Waals surface area contributed by atoms with E-state index in [1.54, 1.807) is 25.2 Å². The maximum Gasteiger partial charge on any atom is 0.232 e. The van der Waals surface area contributed by atoms with E-state index >= 15 is 0 Å². The van der Waals surface area contributed by atoms with Crippen molar-refractivity contribution in [2.75, 3.05) is 25.7 Å². The van der Waals surface area contributed by atoms with Gasteiger partial charge < -0.3 is 18.9 Å². The minimum absolute atomic E-state index is 0.0527. The predicted octanol–water partition coefficient (Wildman–Crippen LogP) is 3.89. The SMILES string of the molecule is COc1cccc(-c2noc([C@@H]3CC(=O)N(c4ccc(C)c(C)c4)C3)n2)c1OC. The lowest BCUT2D eigenvalue weighted by Crippen LogP contribution is -2.24. The van der Waals surface area contributed by atoms with Crippen molar-refractivity contribution in [1.82, 2.24) is 10.1 Å². The molecular weight excluding hydrogens is 370 g/mol. The summed E-state index contributed by atoms with van der Waals surface area (Å²) in [5.41, 5.74) is 3.93. The molecule has 1 amide bonds. The molecule has 3 aromatic rings. The zero-order valence-electron chi connectivity index (χ0n) is 16.9. The Morgan fingerprint density at radius 3 is 2.66 bits per heavy atom. The quantitative estimate of drug-likeness (QED) is 0.654. The molecule has 1 aliphatic heterocycles. The Morgan fingerprint density at radius 2 is 1.93 bits per heavy atom. The van der Waals surface area contributed by atoms with Gasteiger partial charge in [-0.3, -0.25) is 4.79 Å². The number of aromatic nitrogens is 2. The van der Waals surface area contributed by atoms with E-state index in [0.29, 0.717) is 41.7 Å². The molecule has 2 heterocycles. The van der Waals surface area contributed by atoms with E-state index in [0.717, 1.165) is 11.3 Å². The number of para-hydroxylation sites is 1. The van der Waals surface area contributed by atoms with Crippen molar-refractivity contribution in [3.8, 4) is 22.9 Å². The summed E-state index contributed by atoms with van der Waals surface area (Å²) in [7, 11) is 3.15. The van der Waals surface area contributed by atoms with Gasteiger partial charge in [-0.05, 0) is 49.2 Å². The molecule has 7 nitrogen and oxygen atoms in total. The van der Waals surface area contributed by atoms with Crippen molar-refractivity contribution < 1.29 is 18.8 Å². The van der Waals surface area contributed by atoms with E-state index < -0.39 is 0 Å². The van der Waals surface area contributed by atoms with E-state index in [2.05, 4.69) is 17.1 Å². The van der Waals surface area contributed by atoms with E-state index in [1.165, 1.54) is 5.56 Å². The molecule has 1 saturated heterocycles. The average molecular weight is 393 g/mol. The third-order valence-corrected chi connectivity index (χ3v) is 5.36. The lowest BCUT2D eigenvalue weighted by atomic mass is 10.1. The van der Waals surface area contributed by atoms with E-state index in [-0.39, 0.29) is 11.8 Å². The Labute approximate surface area is 169 Å². The third kappa shape index (κ3) is 3.44. The van der Waals surface area contributed by atoms with Gasteiger partial charge in [-0.25, -0.2) is 0 Å². The molecule has 0 unspecified atom stereocenters. The normalized spacial score (nSPS) is 16.3. The van der Waals surface area contributed by atoms with Gasteiger partial charge in [0.15, 0.2) is 11.5 Å². The molecule has 0 saturated carbocycles. The Morgan fingerprint density at radius 1 is 1.10 bits per heavy atom. The second-order valence-electron chi connectivity index (χ2n) is 7.17. The summed E-state index contributed by atoms with van der Waals surface area (Å²) in [6.45, 7) is 4.61. The second kappa shape index (κ2) is 7.58. The number of aryl methyl sites for hydroxylation is 2. The Hall–Kier alpha value is -3.35. The number of hydrogen-bond donors (Lipinski definition) is 0. The van der Waals surface area contributed by atoms with Crippen molar-refractivity contribution >= 4 is 11.6 Å². The molecule has 29 heavy (non-hydrogen) atoms. The number of carbonyl (C=O) groups excluding carboxylic acids is 1. The highest BCUT2D eigenvalue weighted by molar-refractivity contribution is 5.96. The van der Waals surface area contributed by atoms with Crippen LogP contribution in [-0.4, -0.2) is 36.8 Å². The molecule has 0 bridgehead atoms. The summed E-state index contributed by atoms with van der Waals surface area (Å²) in [4.78, 5) is 18.9. The highest BCUT2D eigenvalue weighted by Crippen LogP contribution is 2.38. The van der Waals surface area contributed by atoms with Gasteiger partial charge in [-0.2, -0.15) is 4.98 Å². The molecule has 0 N–H and O–H groups in total. The second-order valence-corrected chi connectivity index (χ2v) is 7.17. The lowest BCUT2D eigenvalue weighted by Gasteiger charge is -2.17. The number of anilines is 1. The summed E-state index contributed by atoms with van der Waals surface area (Å²) < 4.78 is 16.3. The standard InChI is InChI=1S/C22H23N3O4/c1-13-8-9-16(10-14(13)2)25-12-15(11-19(25)26)22-23-21(24-29-22)17-6-5-7-18(27-3)20(17)28-4/h5-10,15H,11-12H2,1-4H3/t15-/m1/s1. The Bertz CT molecular complexity index is 1060. The molecular formula is C22H23N3O4. The minimum atomic E-state index is -0.151. The Kier molecular flexibility index (Phi) is 4.96. The molecule has 1 aromatic heterocycles. The highest BCUT2D eigenvalue weighted by Gasteiger charge is 2.35.